The number of benzene rings is 3. The fraction of sp³-hybridized carbons (Fsp3) is 0.208. The maximum Gasteiger partial charge on any atom is 0.242 e. The molecule has 0 radical (unpaired) electrons. The largest absolute Gasteiger partial charge is 0.324 e. The number of aryl methyl sites for hydroxylation is 3. The summed E-state index contributed by atoms with van der Waals surface area (Å²) < 4.78 is 28.5. The van der Waals surface area contributed by atoms with Gasteiger partial charge >= 0.3 is 0 Å². The lowest BCUT2D eigenvalue weighted by atomic mass is 10.0. The smallest absolute Gasteiger partial charge is 0.242 e. The number of rotatable bonds is 7. The third-order valence-corrected chi connectivity index (χ3v) is 6.44. The standard InChI is InChI=1S/C24H26N2O3S/c1-17-12-14-21(15-13-17)30(28,29)26-22(16-20-10-5-4-6-11-20)24(27)25-23-18(2)8-7-9-19(23)3/h4-15,22,26H,16H2,1-3H3,(H,25,27)/t22-/m1/s1. The highest BCUT2D eigenvalue weighted by molar-refractivity contribution is 7.89. The molecule has 1 amide bonds. The molecule has 2 N–H and O–H groups in total. The van der Waals surface area contributed by atoms with Gasteiger partial charge in [0.25, 0.3) is 0 Å². The van der Waals surface area contributed by atoms with Crippen molar-refractivity contribution in [1.29, 1.82) is 0 Å². The summed E-state index contributed by atoms with van der Waals surface area (Å²) in [5.41, 5.74) is 4.37. The molecule has 6 heteroatoms. The summed E-state index contributed by atoms with van der Waals surface area (Å²) in [5, 5.41) is 2.92. The van der Waals surface area contributed by atoms with Crippen molar-refractivity contribution in [2.45, 2.75) is 38.1 Å². The van der Waals surface area contributed by atoms with Crippen LogP contribution in [0.2, 0.25) is 0 Å². The van der Waals surface area contributed by atoms with Crippen LogP contribution in [0.5, 0.6) is 0 Å². The molecule has 3 aromatic rings. The van der Waals surface area contributed by atoms with Crippen LogP contribution in [0.3, 0.4) is 0 Å². The number of nitrogens with one attached hydrogen (secondary N) is 2. The predicted octanol–water partition coefficient (Wildman–Crippen LogP) is 4.14. The fourth-order valence-electron chi connectivity index (χ4n) is 3.23. The Morgan fingerprint density at radius 1 is 0.833 bits per heavy atom. The van der Waals surface area contributed by atoms with E-state index in [4.69, 9.17) is 0 Å². The van der Waals surface area contributed by atoms with Gasteiger partial charge in [0, 0.05) is 5.69 Å². The van der Waals surface area contributed by atoms with E-state index in [1.807, 2.05) is 69.3 Å². The number of hydrogen-bond acceptors (Lipinski definition) is 3. The zero-order chi connectivity index (χ0) is 21.7. The molecule has 0 saturated heterocycles. The second kappa shape index (κ2) is 9.24. The molecule has 0 spiro atoms. The van der Waals surface area contributed by atoms with Crippen molar-refractivity contribution in [3.05, 3.63) is 95.1 Å². The fourth-order valence-corrected chi connectivity index (χ4v) is 4.43. The zero-order valence-corrected chi connectivity index (χ0v) is 18.2. The van der Waals surface area contributed by atoms with E-state index >= 15 is 0 Å². The van der Waals surface area contributed by atoms with Crippen LogP contribution in [-0.4, -0.2) is 20.4 Å². The van der Waals surface area contributed by atoms with E-state index in [2.05, 4.69) is 10.0 Å². The minimum Gasteiger partial charge on any atom is -0.324 e. The first kappa shape index (κ1) is 21.7. The minimum absolute atomic E-state index is 0.131. The van der Waals surface area contributed by atoms with Gasteiger partial charge in [-0.3, -0.25) is 4.79 Å². The molecule has 3 aromatic carbocycles. The Bertz CT molecular complexity index is 1100. The second-order valence-corrected chi connectivity index (χ2v) is 9.15. The van der Waals surface area contributed by atoms with Gasteiger partial charge < -0.3 is 5.32 Å². The van der Waals surface area contributed by atoms with Crippen LogP contribution in [0.15, 0.2) is 77.7 Å². The van der Waals surface area contributed by atoms with Gasteiger partial charge in [-0.2, -0.15) is 4.72 Å². The van der Waals surface area contributed by atoms with E-state index in [0.29, 0.717) is 5.69 Å². The molecule has 0 heterocycles. The van der Waals surface area contributed by atoms with Crippen molar-refractivity contribution in [2.75, 3.05) is 5.32 Å². The SMILES string of the molecule is Cc1ccc(S(=O)(=O)N[C@H](Cc2ccccc2)C(=O)Nc2c(C)cccc2C)cc1. The van der Waals surface area contributed by atoms with Crippen molar-refractivity contribution in [3.8, 4) is 0 Å². The average Bonchev–Trinajstić information content (AvgIpc) is 2.71. The van der Waals surface area contributed by atoms with Gasteiger partial charge in [-0.1, -0.05) is 66.2 Å². The maximum absolute atomic E-state index is 13.1. The highest BCUT2D eigenvalue weighted by Crippen LogP contribution is 2.20. The molecule has 0 saturated carbocycles. The molecule has 5 nitrogen and oxygen atoms in total. The molecule has 1 atom stereocenters. The lowest BCUT2D eigenvalue weighted by Crippen LogP contribution is -2.45. The first-order valence-electron chi connectivity index (χ1n) is 9.76. The van der Waals surface area contributed by atoms with Gasteiger partial charge in [-0.15, -0.1) is 0 Å². The topological polar surface area (TPSA) is 75.3 Å². The lowest BCUT2D eigenvalue weighted by molar-refractivity contribution is -0.117. The van der Waals surface area contributed by atoms with Gasteiger partial charge in [0.1, 0.15) is 6.04 Å². The maximum atomic E-state index is 13.1. The van der Waals surface area contributed by atoms with Gasteiger partial charge in [0.15, 0.2) is 0 Å². The van der Waals surface area contributed by atoms with Gasteiger partial charge in [-0.25, -0.2) is 8.42 Å². The number of sulfonamides is 1. The van der Waals surface area contributed by atoms with E-state index in [9.17, 15) is 13.2 Å². The van der Waals surface area contributed by atoms with Crippen LogP contribution in [-0.2, 0) is 21.2 Å². The number of para-hydroxylation sites is 1. The molecule has 0 fully saturated rings. The summed E-state index contributed by atoms with van der Waals surface area (Å²) in [7, 11) is -3.86. The summed E-state index contributed by atoms with van der Waals surface area (Å²) in [5.74, 6) is -0.396. The Morgan fingerprint density at radius 3 is 2.03 bits per heavy atom. The molecular weight excluding hydrogens is 396 g/mol. The Hall–Kier alpha value is -2.96. The van der Waals surface area contributed by atoms with E-state index in [-0.39, 0.29) is 11.3 Å². The first-order valence-corrected chi connectivity index (χ1v) is 11.2. The summed E-state index contributed by atoms with van der Waals surface area (Å²) in [4.78, 5) is 13.3. The van der Waals surface area contributed by atoms with Crippen LogP contribution in [0.1, 0.15) is 22.3 Å². The highest BCUT2D eigenvalue weighted by Gasteiger charge is 2.26. The van der Waals surface area contributed by atoms with Crippen molar-refractivity contribution in [2.24, 2.45) is 0 Å². The van der Waals surface area contributed by atoms with Crippen LogP contribution >= 0.6 is 0 Å². The van der Waals surface area contributed by atoms with E-state index in [1.165, 1.54) is 0 Å². The van der Waals surface area contributed by atoms with Crippen molar-refractivity contribution >= 4 is 21.6 Å². The number of carbonyl (C=O) groups excluding carboxylic acids is 1. The molecule has 3 rings (SSSR count). The van der Waals surface area contributed by atoms with Crippen LogP contribution in [0.4, 0.5) is 5.69 Å². The summed E-state index contributed by atoms with van der Waals surface area (Å²) in [6.07, 6.45) is 0.239. The molecule has 0 unspecified atom stereocenters. The molecule has 0 bridgehead atoms. The van der Waals surface area contributed by atoms with E-state index < -0.39 is 22.0 Å². The minimum atomic E-state index is -3.86. The molecule has 0 aliphatic rings. The predicted molar refractivity (Wildman–Crippen MR) is 120 cm³/mol. The van der Waals surface area contributed by atoms with Crippen LogP contribution in [0.25, 0.3) is 0 Å². The molecule has 0 aliphatic carbocycles. The number of anilines is 1. The third kappa shape index (κ3) is 5.34. The van der Waals surface area contributed by atoms with E-state index in [0.717, 1.165) is 22.3 Å². The number of amides is 1. The first-order chi connectivity index (χ1) is 14.3. The molecular formula is C24H26N2O3S. The van der Waals surface area contributed by atoms with Gasteiger partial charge in [0.05, 0.1) is 4.90 Å². The number of carbonyl (C=O) groups is 1. The quantitative estimate of drug-likeness (QED) is 0.601. The number of hydrogen-bond donors (Lipinski definition) is 2. The molecule has 30 heavy (non-hydrogen) atoms. The summed E-state index contributed by atoms with van der Waals surface area (Å²) >= 11 is 0. The lowest BCUT2D eigenvalue weighted by Gasteiger charge is -2.20. The van der Waals surface area contributed by atoms with Crippen molar-refractivity contribution in [3.63, 3.8) is 0 Å². The Labute approximate surface area is 178 Å². The Balaban J connectivity index is 1.90. The van der Waals surface area contributed by atoms with Gasteiger partial charge in [-0.05, 0) is 56.0 Å². The van der Waals surface area contributed by atoms with Gasteiger partial charge in [0.2, 0.25) is 15.9 Å². The Morgan fingerprint density at radius 2 is 1.43 bits per heavy atom. The van der Waals surface area contributed by atoms with Crippen LogP contribution in [0, 0.1) is 20.8 Å². The van der Waals surface area contributed by atoms with Crippen LogP contribution < -0.4 is 10.0 Å². The summed E-state index contributed by atoms with van der Waals surface area (Å²) in [6, 6.07) is 20.7. The van der Waals surface area contributed by atoms with Crippen molar-refractivity contribution in [1.82, 2.24) is 4.72 Å². The summed E-state index contributed by atoms with van der Waals surface area (Å²) in [6.45, 7) is 5.70. The normalized spacial score (nSPS) is 12.4. The monoisotopic (exact) mass is 422 g/mol. The molecule has 0 aromatic heterocycles. The molecule has 0 aliphatic heterocycles. The third-order valence-electron chi connectivity index (χ3n) is 4.96. The zero-order valence-electron chi connectivity index (χ0n) is 17.3. The van der Waals surface area contributed by atoms with E-state index in [1.54, 1.807) is 24.3 Å². The Kier molecular flexibility index (Phi) is 6.70. The van der Waals surface area contributed by atoms with Crippen molar-refractivity contribution < 1.29 is 13.2 Å². The average molecular weight is 423 g/mol. The molecule has 156 valence electrons. The second-order valence-electron chi connectivity index (χ2n) is 7.43. The highest BCUT2D eigenvalue weighted by atomic mass is 32.2.